The van der Waals surface area contributed by atoms with Crippen LogP contribution >= 0.6 is 19.7 Å². The van der Waals surface area contributed by atoms with E-state index in [1.165, 1.54) is 0 Å². The Balaban J connectivity index is 0.000000247. The number of hydrogen-bond donors (Lipinski definition) is 2. The van der Waals surface area contributed by atoms with E-state index in [0.29, 0.717) is 11.5 Å². The molecule has 5 heteroatoms. The molecule has 0 bridgehead atoms. The fraction of sp³-hybridized carbons (Fsp3) is 0. The molecule has 0 aliphatic heterocycles. The third kappa shape index (κ3) is 11.5. The fourth-order valence-electron chi connectivity index (χ4n) is 0.856. The summed E-state index contributed by atoms with van der Waals surface area (Å²) in [6, 6.07) is 17.4. The molecule has 0 heterocycles. The zero-order valence-electron chi connectivity index (χ0n) is 8.87. The van der Waals surface area contributed by atoms with Crippen LogP contribution in [0.3, 0.4) is 0 Å². The molecular weight excluding hydrogens is 298 g/mol. The zero-order valence-corrected chi connectivity index (χ0v) is 11.8. The van der Waals surface area contributed by atoms with Crippen LogP contribution in [0.1, 0.15) is 0 Å². The summed E-state index contributed by atoms with van der Waals surface area (Å²) in [6.07, 6.45) is 0. The summed E-state index contributed by atoms with van der Waals surface area (Å²) in [6.45, 7) is 0. The van der Waals surface area contributed by atoms with Crippen molar-refractivity contribution >= 4 is 19.7 Å². The summed E-state index contributed by atoms with van der Waals surface area (Å²) < 4.78 is 0. The van der Waals surface area contributed by atoms with Crippen molar-refractivity contribution in [2.75, 3.05) is 0 Å². The molecule has 91 valence electrons. The van der Waals surface area contributed by atoms with Crippen LogP contribution in [0.4, 0.5) is 0 Å². The average molecular weight is 310 g/mol. The molecule has 2 aromatic rings. The van der Waals surface area contributed by atoms with Gasteiger partial charge in [-0.05, 0) is 24.3 Å². The Morgan fingerprint density at radius 3 is 1.00 bits per heavy atom. The number of rotatable bonds is 0. The van der Waals surface area contributed by atoms with Crippen LogP contribution in [0.25, 0.3) is 0 Å². The standard InChI is InChI=1S/2C6H6O.2ClH.V/c2*7-6-4-2-1-3-5-6;;;/h2*1-5,7H;2*1H;/q;;;;+2/p-2. The summed E-state index contributed by atoms with van der Waals surface area (Å²) in [5.41, 5.74) is 0. The number of halogens is 2. The summed E-state index contributed by atoms with van der Waals surface area (Å²) in [5, 5.41) is 17.3. The first-order valence-electron chi connectivity index (χ1n) is 4.61. The second-order valence-corrected chi connectivity index (χ2v) is 5.04. The molecule has 0 aliphatic rings. The Morgan fingerprint density at radius 2 is 0.882 bits per heavy atom. The summed E-state index contributed by atoms with van der Waals surface area (Å²) >= 11 is -0.368. The average Bonchev–Trinajstić information content (AvgIpc) is 2.33. The van der Waals surface area contributed by atoms with Crippen molar-refractivity contribution in [3.05, 3.63) is 60.7 Å². The Morgan fingerprint density at radius 1 is 0.647 bits per heavy atom. The third-order valence-electron chi connectivity index (χ3n) is 1.51. The van der Waals surface area contributed by atoms with E-state index in [9.17, 15) is 0 Å². The predicted octanol–water partition coefficient (Wildman–Crippen LogP) is 4.16. The zero-order chi connectivity index (χ0) is 12.9. The molecular formula is C12H12Cl2O2V. The third-order valence-corrected chi connectivity index (χ3v) is 1.51. The van der Waals surface area contributed by atoms with E-state index in [4.69, 9.17) is 29.9 Å². The first-order valence-corrected chi connectivity index (χ1v) is 8.45. The van der Waals surface area contributed by atoms with E-state index in [-0.39, 0.29) is 14.4 Å². The minimum absolute atomic E-state index is 0.322. The van der Waals surface area contributed by atoms with E-state index < -0.39 is 0 Å². The van der Waals surface area contributed by atoms with E-state index in [1.54, 1.807) is 48.5 Å². The SMILES string of the molecule is Oc1ccccc1.Oc1ccccc1.[Cl][V][Cl]. The molecule has 0 saturated heterocycles. The fourth-order valence-corrected chi connectivity index (χ4v) is 0.856. The molecule has 0 amide bonds. The molecule has 0 atom stereocenters. The molecule has 0 unspecified atom stereocenters. The Hall–Kier alpha value is -0.796. The maximum absolute atomic E-state index is 8.63. The van der Waals surface area contributed by atoms with Gasteiger partial charge in [-0.1, -0.05) is 36.4 Å². The van der Waals surface area contributed by atoms with Crippen LogP contribution in [-0.2, 0) is 14.4 Å². The van der Waals surface area contributed by atoms with E-state index in [1.807, 2.05) is 12.1 Å². The molecule has 0 fully saturated rings. The Kier molecular flexibility index (Phi) is 11.1. The molecule has 2 rings (SSSR count). The van der Waals surface area contributed by atoms with Crippen molar-refractivity contribution in [1.29, 1.82) is 0 Å². The van der Waals surface area contributed by atoms with E-state index in [0.717, 1.165) is 0 Å². The number of para-hydroxylation sites is 2. The van der Waals surface area contributed by atoms with Gasteiger partial charge in [-0.15, -0.1) is 0 Å². The van der Waals surface area contributed by atoms with Crippen molar-refractivity contribution < 1.29 is 24.6 Å². The molecule has 2 aromatic carbocycles. The van der Waals surface area contributed by atoms with Crippen LogP contribution in [0.2, 0.25) is 0 Å². The van der Waals surface area contributed by atoms with Crippen molar-refractivity contribution in [2.24, 2.45) is 0 Å². The van der Waals surface area contributed by atoms with Crippen LogP contribution < -0.4 is 0 Å². The molecule has 17 heavy (non-hydrogen) atoms. The maximum atomic E-state index is 8.63. The predicted molar refractivity (Wildman–Crippen MR) is 67.9 cm³/mol. The van der Waals surface area contributed by atoms with Gasteiger partial charge in [0.15, 0.2) is 0 Å². The van der Waals surface area contributed by atoms with Gasteiger partial charge in [0.1, 0.15) is 11.5 Å². The Labute approximate surface area is 116 Å². The van der Waals surface area contributed by atoms with E-state index >= 15 is 0 Å². The molecule has 2 nitrogen and oxygen atoms in total. The molecule has 0 radical (unpaired) electrons. The molecule has 0 aromatic heterocycles. The van der Waals surface area contributed by atoms with Gasteiger partial charge in [0.2, 0.25) is 0 Å². The first-order chi connectivity index (χ1) is 8.20. The minimum atomic E-state index is -0.368. The number of phenols is 2. The number of phenolic OH excluding ortho intramolecular Hbond substituents is 2. The molecule has 2 N–H and O–H groups in total. The van der Waals surface area contributed by atoms with Gasteiger partial charge in [-0.25, -0.2) is 0 Å². The van der Waals surface area contributed by atoms with Crippen LogP contribution in [-0.4, -0.2) is 10.2 Å². The van der Waals surface area contributed by atoms with Crippen molar-refractivity contribution in [1.82, 2.24) is 0 Å². The monoisotopic (exact) mass is 309 g/mol. The molecule has 0 spiro atoms. The van der Waals surface area contributed by atoms with Gasteiger partial charge in [0.25, 0.3) is 0 Å². The number of benzene rings is 2. The van der Waals surface area contributed by atoms with Crippen LogP contribution in [0.5, 0.6) is 11.5 Å². The Bertz CT molecular complexity index is 333. The van der Waals surface area contributed by atoms with Crippen molar-refractivity contribution in [3.63, 3.8) is 0 Å². The van der Waals surface area contributed by atoms with Crippen molar-refractivity contribution in [3.8, 4) is 11.5 Å². The van der Waals surface area contributed by atoms with E-state index in [2.05, 4.69) is 0 Å². The summed E-state index contributed by atoms with van der Waals surface area (Å²) in [4.78, 5) is 0. The molecule has 0 aliphatic carbocycles. The topological polar surface area (TPSA) is 40.5 Å². The first kappa shape index (κ1) is 16.2. The normalized spacial score (nSPS) is 7.88. The number of hydrogen-bond acceptors (Lipinski definition) is 2. The van der Waals surface area contributed by atoms with Gasteiger partial charge >= 0.3 is 34.1 Å². The van der Waals surface area contributed by atoms with Crippen LogP contribution in [0, 0.1) is 0 Å². The van der Waals surface area contributed by atoms with Gasteiger partial charge in [-0.3, -0.25) is 0 Å². The molecule has 0 saturated carbocycles. The quantitative estimate of drug-likeness (QED) is 0.767. The second kappa shape index (κ2) is 11.7. The van der Waals surface area contributed by atoms with Crippen LogP contribution in [0.15, 0.2) is 60.7 Å². The second-order valence-electron chi connectivity index (χ2n) is 2.73. The van der Waals surface area contributed by atoms with Gasteiger partial charge in [-0.2, -0.15) is 0 Å². The van der Waals surface area contributed by atoms with Crippen molar-refractivity contribution in [2.45, 2.75) is 0 Å². The van der Waals surface area contributed by atoms with Gasteiger partial charge in [0, 0.05) is 0 Å². The van der Waals surface area contributed by atoms with Gasteiger partial charge in [0.05, 0.1) is 0 Å². The number of aromatic hydroxyl groups is 2. The summed E-state index contributed by atoms with van der Waals surface area (Å²) in [7, 11) is 9.72. The summed E-state index contributed by atoms with van der Waals surface area (Å²) in [5.74, 6) is 0.644. The van der Waals surface area contributed by atoms with Gasteiger partial charge < -0.3 is 10.2 Å².